The van der Waals surface area contributed by atoms with E-state index in [-0.39, 0.29) is 28.7 Å². The first-order valence-corrected chi connectivity index (χ1v) is 8.27. The van der Waals surface area contributed by atoms with Gasteiger partial charge in [0.25, 0.3) is 5.69 Å². The predicted molar refractivity (Wildman–Crippen MR) is 102 cm³/mol. The number of nitrogens with zero attached hydrogens (tertiary/aromatic N) is 4. The highest BCUT2D eigenvalue weighted by Gasteiger charge is 2.24. The molecule has 0 saturated heterocycles. The van der Waals surface area contributed by atoms with Gasteiger partial charge < -0.3 is 10.6 Å². The lowest BCUT2D eigenvalue weighted by atomic mass is 10.2. The van der Waals surface area contributed by atoms with Crippen molar-refractivity contribution >= 4 is 50.3 Å². The number of rotatable bonds is 6. The molecular weight excluding hydrogens is 420 g/mol. The molecular formula is C16H11BrN6O4. The fraction of sp³-hybridized carbons (Fsp3) is 0. The molecule has 11 heteroatoms. The molecule has 10 nitrogen and oxygen atoms in total. The van der Waals surface area contributed by atoms with Crippen LogP contribution in [0, 0.1) is 20.2 Å². The third-order valence-electron chi connectivity index (χ3n) is 3.45. The Labute approximate surface area is 160 Å². The zero-order chi connectivity index (χ0) is 19.4. The average Bonchev–Trinajstić information content (AvgIpc) is 2.64. The fourth-order valence-corrected chi connectivity index (χ4v) is 2.64. The lowest BCUT2D eigenvalue weighted by molar-refractivity contribution is -0.384. The Balaban J connectivity index is 1.99. The Bertz CT molecular complexity index is 1030. The number of anilines is 4. The molecule has 0 radical (unpaired) electrons. The third-order valence-corrected chi connectivity index (χ3v) is 4.14. The lowest BCUT2D eigenvalue weighted by Crippen LogP contribution is -2.06. The van der Waals surface area contributed by atoms with Crippen molar-refractivity contribution in [2.45, 2.75) is 0 Å². The molecule has 1 heterocycles. The summed E-state index contributed by atoms with van der Waals surface area (Å²) in [6.45, 7) is 0. The SMILES string of the molecule is O=[N+]([O-])c1cccc(Nc2ncnc(Nc3ccccc3Br)c2[N+](=O)[O-])c1. The largest absolute Gasteiger partial charge is 0.353 e. The van der Waals surface area contributed by atoms with Crippen molar-refractivity contribution in [3.05, 3.63) is 79.6 Å². The van der Waals surface area contributed by atoms with E-state index in [4.69, 9.17) is 0 Å². The van der Waals surface area contributed by atoms with Gasteiger partial charge in [-0.2, -0.15) is 0 Å². The molecule has 0 saturated carbocycles. The summed E-state index contributed by atoms with van der Waals surface area (Å²) in [5.41, 5.74) is 0.335. The number of para-hydroxylation sites is 1. The van der Waals surface area contributed by atoms with Crippen molar-refractivity contribution in [1.82, 2.24) is 9.97 Å². The first kappa shape index (κ1) is 18.2. The molecule has 0 amide bonds. The average molecular weight is 431 g/mol. The van der Waals surface area contributed by atoms with Gasteiger partial charge in [-0.05, 0) is 34.1 Å². The molecule has 3 rings (SSSR count). The van der Waals surface area contributed by atoms with Gasteiger partial charge in [-0.25, -0.2) is 9.97 Å². The molecule has 0 bridgehead atoms. The van der Waals surface area contributed by atoms with E-state index in [0.717, 1.165) is 6.33 Å². The molecule has 0 spiro atoms. The van der Waals surface area contributed by atoms with Crippen LogP contribution in [-0.2, 0) is 0 Å². The maximum Gasteiger partial charge on any atom is 0.353 e. The van der Waals surface area contributed by atoms with Crippen LogP contribution in [-0.4, -0.2) is 19.8 Å². The van der Waals surface area contributed by atoms with Gasteiger partial charge in [0.1, 0.15) is 6.33 Å². The van der Waals surface area contributed by atoms with E-state index in [1.165, 1.54) is 18.2 Å². The van der Waals surface area contributed by atoms with Crippen LogP contribution in [0.25, 0.3) is 0 Å². The number of nitro benzene ring substituents is 1. The number of benzene rings is 2. The molecule has 27 heavy (non-hydrogen) atoms. The second-order valence-electron chi connectivity index (χ2n) is 5.21. The van der Waals surface area contributed by atoms with Crippen molar-refractivity contribution in [2.24, 2.45) is 0 Å². The molecule has 0 aliphatic carbocycles. The van der Waals surface area contributed by atoms with Crippen LogP contribution in [0.3, 0.4) is 0 Å². The van der Waals surface area contributed by atoms with Gasteiger partial charge in [0.05, 0.1) is 15.5 Å². The number of hydrogen-bond donors (Lipinski definition) is 2. The Morgan fingerprint density at radius 2 is 1.59 bits per heavy atom. The first-order chi connectivity index (χ1) is 13.0. The monoisotopic (exact) mass is 430 g/mol. The van der Waals surface area contributed by atoms with Gasteiger partial charge in [0.2, 0.25) is 11.6 Å². The van der Waals surface area contributed by atoms with Crippen LogP contribution in [0.15, 0.2) is 59.3 Å². The summed E-state index contributed by atoms with van der Waals surface area (Å²) in [6, 6.07) is 12.7. The van der Waals surface area contributed by atoms with Crippen LogP contribution >= 0.6 is 15.9 Å². The Hall–Kier alpha value is -3.60. The molecule has 2 aromatic carbocycles. The van der Waals surface area contributed by atoms with E-state index < -0.39 is 9.85 Å². The maximum atomic E-state index is 11.6. The van der Waals surface area contributed by atoms with Gasteiger partial charge in [0.15, 0.2) is 0 Å². The van der Waals surface area contributed by atoms with Crippen LogP contribution in [0.2, 0.25) is 0 Å². The van der Waals surface area contributed by atoms with Gasteiger partial charge >= 0.3 is 5.69 Å². The second kappa shape index (κ2) is 7.74. The second-order valence-corrected chi connectivity index (χ2v) is 6.07. The normalized spacial score (nSPS) is 10.3. The highest BCUT2D eigenvalue weighted by Crippen LogP contribution is 2.35. The van der Waals surface area contributed by atoms with Crippen molar-refractivity contribution < 1.29 is 9.85 Å². The summed E-state index contributed by atoms with van der Waals surface area (Å²) in [5, 5.41) is 28.1. The van der Waals surface area contributed by atoms with Crippen LogP contribution in [0.1, 0.15) is 0 Å². The molecule has 0 aliphatic heterocycles. The van der Waals surface area contributed by atoms with Crippen LogP contribution in [0.4, 0.5) is 34.4 Å². The standard InChI is InChI=1S/C16H11BrN6O4/c17-12-6-1-2-7-13(12)21-16-14(23(26)27)15(18-9-19-16)20-10-4-3-5-11(8-10)22(24)25/h1-9H,(H2,18,19,20,21). The minimum atomic E-state index is -0.626. The van der Waals surface area contributed by atoms with Gasteiger partial charge in [-0.15, -0.1) is 0 Å². The number of halogens is 1. The Morgan fingerprint density at radius 3 is 2.26 bits per heavy atom. The summed E-state index contributed by atoms with van der Waals surface area (Å²) in [7, 11) is 0. The van der Waals surface area contributed by atoms with Gasteiger partial charge in [-0.3, -0.25) is 20.2 Å². The maximum absolute atomic E-state index is 11.6. The number of hydrogen-bond acceptors (Lipinski definition) is 8. The first-order valence-electron chi connectivity index (χ1n) is 7.48. The van der Waals surface area contributed by atoms with E-state index >= 15 is 0 Å². The summed E-state index contributed by atoms with van der Waals surface area (Å²) in [5.74, 6) is -0.111. The van der Waals surface area contributed by atoms with Crippen molar-refractivity contribution in [2.75, 3.05) is 10.6 Å². The predicted octanol–water partition coefficient (Wildman–Crippen LogP) is 4.54. The highest BCUT2D eigenvalue weighted by molar-refractivity contribution is 9.10. The lowest BCUT2D eigenvalue weighted by Gasteiger charge is -2.11. The molecule has 0 aliphatic rings. The quantitative estimate of drug-likeness (QED) is 0.429. The topological polar surface area (TPSA) is 136 Å². The highest BCUT2D eigenvalue weighted by atomic mass is 79.9. The third kappa shape index (κ3) is 4.15. The molecule has 2 N–H and O–H groups in total. The molecule has 0 fully saturated rings. The zero-order valence-electron chi connectivity index (χ0n) is 13.5. The van der Waals surface area contributed by atoms with E-state index in [2.05, 4.69) is 36.5 Å². The van der Waals surface area contributed by atoms with E-state index in [1.807, 2.05) is 0 Å². The summed E-state index contributed by atoms with van der Waals surface area (Å²) >= 11 is 3.35. The van der Waals surface area contributed by atoms with E-state index in [1.54, 1.807) is 30.3 Å². The Morgan fingerprint density at radius 1 is 0.889 bits per heavy atom. The number of nitro groups is 2. The van der Waals surface area contributed by atoms with Crippen LogP contribution < -0.4 is 10.6 Å². The van der Waals surface area contributed by atoms with E-state index in [9.17, 15) is 20.2 Å². The number of non-ortho nitro benzene ring substituents is 1. The van der Waals surface area contributed by atoms with Crippen molar-refractivity contribution in [3.8, 4) is 0 Å². The fourth-order valence-electron chi connectivity index (χ4n) is 2.26. The van der Waals surface area contributed by atoms with Gasteiger partial charge in [0, 0.05) is 22.3 Å². The zero-order valence-corrected chi connectivity index (χ0v) is 15.1. The Kier molecular flexibility index (Phi) is 5.22. The molecule has 3 aromatic rings. The van der Waals surface area contributed by atoms with E-state index in [0.29, 0.717) is 10.2 Å². The number of aromatic nitrogens is 2. The molecule has 136 valence electrons. The smallest absolute Gasteiger partial charge is 0.334 e. The summed E-state index contributed by atoms with van der Waals surface area (Å²) in [6.07, 6.45) is 1.16. The van der Waals surface area contributed by atoms with Crippen molar-refractivity contribution in [1.29, 1.82) is 0 Å². The molecule has 1 aromatic heterocycles. The van der Waals surface area contributed by atoms with Crippen molar-refractivity contribution in [3.63, 3.8) is 0 Å². The minimum Gasteiger partial charge on any atom is -0.334 e. The molecule has 0 unspecified atom stereocenters. The van der Waals surface area contributed by atoms with Crippen LogP contribution in [0.5, 0.6) is 0 Å². The molecule has 0 atom stereocenters. The summed E-state index contributed by atoms with van der Waals surface area (Å²) in [4.78, 5) is 29.2. The van der Waals surface area contributed by atoms with Gasteiger partial charge in [-0.1, -0.05) is 18.2 Å². The number of nitrogens with one attached hydrogen (secondary N) is 2. The summed E-state index contributed by atoms with van der Waals surface area (Å²) < 4.78 is 0.700. The minimum absolute atomic E-state index is 0.0187.